The van der Waals surface area contributed by atoms with E-state index in [-0.39, 0.29) is 0 Å². The van der Waals surface area contributed by atoms with Crippen LogP contribution in [0.15, 0.2) is 47.0 Å². The predicted octanol–water partition coefficient (Wildman–Crippen LogP) is 3.27. The van der Waals surface area contributed by atoms with Crippen LogP contribution in [0.3, 0.4) is 0 Å². The van der Waals surface area contributed by atoms with Gasteiger partial charge in [-0.2, -0.15) is 0 Å². The number of aromatic nitrogens is 1. The zero-order chi connectivity index (χ0) is 13.1. The first-order valence-electron chi connectivity index (χ1n) is 6.69. The number of aryl methyl sites for hydroxylation is 1. The van der Waals surface area contributed by atoms with Crippen molar-refractivity contribution in [3.8, 4) is 0 Å². The molecule has 0 unspecified atom stereocenters. The van der Waals surface area contributed by atoms with Gasteiger partial charge in [-0.05, 0) is 18.9 Å². The van der Waals surface area contributed by atoms with Gasteiger partial charge in [-0.15, -0.1) is 0 Å². The molecule has 1 aromatic heterocycles. The molecule has 0 saturated carbocycles. The second kappa shape index (κ2) is 5.41. The van der Waals surface area contributed by atoms with Crippen molar-refractivity contribution in [2.75, 3.05) is 13.1 Å². The maximum Gasteiger partial charge on any atom is 0.221 e. The van der Waals surface area contributed by atoms with E-state index in [0.29, 0.717) is 0 Å². The minimum atomic E-state index is 0.789. The van der Waals surface area contributed by atoms with Crippen molar-refractivity contribution in [3.63, 3.8) is 0 Å². The van der Waals surface area contributed by atoms with E-state index in [1.807, 2.05) is 6.92 Å². The zero-order valence-electron chi connectivity index (χ0n) is 11.2. The van der Waals surface area contributed by atoms with Crippen LogP contribution in [0.4, 0.5) is 0 Å². The summed E-state index contributed by atoms with van der Waals surface area (Å²) in [5, 5.41) is 0. The molecule has 2 heterocycles. The molecule has 0 saturated heterocycles. The molecule has 19 heavy (non-hydrogen) atoms. The van der Waals surface area contributed by atoms with Gasteiger partial charge < -0.3 is 4.42 Å². The Bertz CT molecular complexity index is 571. The first kappa shape index (κ1) is 12.2. The van der Waals surface area contributed by atoms with Crippen molar-refractivity contribution in [1.82, 2.24) is 9.88 Å². The van der Waals surface area contributed by atoms with E-state index in [9.17, 15) is 0 Å². The van der Waals surface area contributed by atoms with Crippen molar-refractivity contribution in [2.45, 2.75) is 19.9 Å². The molecule has 3 heteroatoms. The number of nitrogens with zero attached hydrogens (tertiary/aromatic N) is 2. The summed E-state index contributed by atoms with van der Waals surface area (Å²) in [4.78, 5) is 6.73. The lowest BCUT2D eigenvalue weighted by Gasteiger charge is -2.25. The lowest BCUT2D eigenvalue weighted by atomic mass is 10.1. The third-order valence-electron chi connectivity index (χ3n) is 3.44. The van der Waals surface area contributed by atoms with Crippen LogP contribution in [0.2, 0.25) is 0 Å². The lowest BCUT2D eigenvalue weighted by molar-refractivity contribution is 0.292. The maximum absolute atomic E-state index is 5.58. The van der Waals surface area contributed by atoms with Gasteiger partial charge in [-0.1, -0.05) is 36.4 Å². The van der Waals surface area contributed by atoms with Crippen LogP contribution in [0, 0.1) is 6.92 Å². The number of rotatable bonds is 3. The Kier molecular flexibility index (Phi) is 3.47. The molecule has 0 aliphatic carbocycles. The fraction of sp³-hybridized carbons (Fsp3) is 0.312. The second-order valence-electron chi connectivity index (χ2n) is 4.98. The fourth-order valence-corrected chi connectivity index (χ4v) is 2.39. The van der Waals surface area contributed by atoms with Crippen LogP contribution < -0.4 is 0 Å². The summed E-state index contributed by atoms with van der Waals surface area (Å²) in [6.45, 7) is 4.96. The Morgan fingerprint density at radius 2 is 2.11 bits per heavy atom. The van der Waals surface area contributed by atoms with Crippen LogP contribution in [-0.2, 0) is 6.54 Å². The van der Waals surface area contributed by atoms with E-state index < -0.39 is 0 Å². The topological polar surface area (TPSA) is 29.3 Å². The molecule has 3 rings (SSSR count). The monoisotopic (exact) mass is 254 g/mol. The number of benzene rings is 1. The number of oxazole rings is 1. The van der Waals surface area contributed by atoms with Gasteiger partial charge in [-0.3, -0.25) is 4.90 Å². The molecule has 0 bridgehead atoms. The van der Waals surface area contributed by atoms with Gasteiger partial charge in [0.2, 0.25) is 5.89 Å². The van der Waals surface area contributed by atoms with Crippen molar-refractivity contribution in [3.05, 3.63) is 59.8 Å². The van der Waals surface area contributed by atoms with Gasteiger partial charge in [0, 0.05) is 25.2 Å². The zero-order valence-corrected chi connectivity index (χ0v) is 11.2. The highest BCUT2D eigenvalue weighted by atomic mass is 16.4. The minimum Gasteiger partial charge on any atom is -0.442 e. The van der Waals surface area contributed by atoms with E-state index in [1.165, 1.54) is 11.1 Å². The van der Waals surface area contributed by atoms with Crippen molar-refractivity contribution in [1.29, 1.82) is 0 Å². The smallest absolute Gasteiger partial charge is 0.221 e. The van der Waals surface area contributed by atoms with Crippen molar-refractivity contribution in [2.24, 2.45) is 0 Å². The first-order valence-corrected chi connectivity index (χ1v) is 6.69. The lowest BCUT2D eigenvalue weighted by Crippen LogP contribution is -2.28. The standard InChI is InChI=1S/C16H18N2O/c1-13-11-17-16(19-13)15-7-9-18(10-8-15)12-14-5-3-2-4-6-14/h2-7,11H,8-10,12H2,1H3. The van der Waals surface area contributed by atoms with Gasteiger partial charge in [0.15, 0.2) is 0 Å². The molecule has 98 valence electrons. The van der Waals surface area contributed by atoms with Gasteiger partial charge in [0.1, 0.15) is 5.76 Å². The van der Waals surface area contributed by atoms with Crippen LogP contribution >= 0.6 is 0 Å². The summed E-state index contributed by atoms with van der Waals surface area (Å²) < 4.78 is 5.58. The average Bonchev–Trinajstić information content (AvgIpc) is 2.87. The number of hydrogen-bond acceptors (Lipinski definition) is 3. The summed E-state index contributed by atoms with van der Waals surface area (Å²) in [6, 6.07) is 10.6. The Balaban J connectivity index is 1.64. The molecule has 1 aliphatic heterocycles. The summed E-state index contributed by atoms with van der Waals surface area (Å²) in [5.41, 5.74) is 2.60. The first-order chi connectivity index (χ1) is 9.31. The van der Waals surface area contributed by atoms with Crippen molar-refractivity contribution >= 4 is 5.57 Å². The van der Waals surface area contributed by atoms with E-state index in [0.717, 1.165) is 37.7 Å². The Morgan fingerprint density at radius 1 is 1.26 bits per heavy atom. The molecule has 3 nitrogen and oxygen atoms in total. The summed E-state index contributed by atoms with van der Waals surface area (Å²) >= 11 is 0. The van der Waals surface area contributed by atoms with Gasteiger partial charge in [0.05, 0.1) is 6.20 Å². The molecule has 1 aliphatic rings. The summed E-state index contributed by atoms with van der Waals surface area (Å²) in [5.74, 6) is 1.67. The molecular weight excluding hydrogens is 236 g/mol. The van der Waals surface area contributed by atoms with E-state index >= 15 is 0 Å². The average molecular weight is 254 g/mol. The molecule has 0 radical (unpaired) electrons. The molecule has 0 N–H and O–H groups in total. The number of hydrogen-bond donors (Lipinski definition) is 0. The summed E-state index contributed by atoms with van der Waals surface area (Å²) in [6.07, 6.45) is 5.02. The van der Waals surface area contributed by atoms with Crippen LogP contribution in [0.25, 0.3) is 5.57 Å². The highest BCUT2D eigenvalue weighted by Gasteiger charge is 2.16. The van der Waals surface area contributed by atoms with Gasteiger partial charge in [0.25, 0.3) is 0 Å². The van der Waals surface area contributed by atoms with E-state index in [4.69, 9.17) is 4.42 Å². The van der Waals surface area contributed by atoms with Gasteiger partial charge in [-0.25, -0.2) is 4.98 Å². The van der Waals surface area contributed by atoms with Crippen molar-refractivity contribution < 1.29 is 4.42 Å². The van der Waals surface area contributed by atoms with Gasteiger partial charge >= 0.3 is 0 Å². The third kappa shape index (κ3) is 2.93. The SMILES string of the molecule is Cc1cnc(C2=CCN(Cc3ccccc3)CC2)o1. The highest BCUT2D eigenvalue weighted by Crippen LogP contribution is 2.22. The predicted molar refractivity (Wildman–Crippen MR) is 75.6 cm³/mol. The molecule has 2 aromatic rings. The molecule has 0 amide bonds. The highest BCUT2D eigenvalue weighted by molar-refractivity contribution is 5.59. The van der Waals surface area contributed by atoms with E-state index in [2.05, 4.69) is 46.3 Å². The Labute approximate surface area is 113 Å². The molecular formula is C16H18N2O. The van der Waals surface area contributed by atoms with Crippen LogP contribution in [0.5, 0.6) is 0 Å². The largest absolute Gasteiger partial charge is 0.442 e. The summed E-state index contributed by atoms with van der Waals surface area (Å²) in [7, 11) is 0. The fourth-order valence-electron chi connectivity index (χ4n) is 2.39. The van der Waals surface area contributed by atoms with Crippen LogP contribution in [0.1, 0.15) is 23.6 Å². The minimum absolute atomic E-state index is 0.789. The quantitative estimate of drug-likeness (QED) is 0.841. The van der Waals surface area contributed by atoms with Crippen LogP contribution in [-0.4, -0.2) is 23.0 Å². The normalized spacial score (nSPS) is 16.4. The molecule has 0 spiro atoms. The second-order valence-corrected chi connectivity index (χ2v) is 4.98. The molecule has 0 atom stereocenters. The maximum atomic E-state index is 5.58. The Hall–Kier alpha value is -1.87. The van der Waals surface area contributed by atoms with E-state index in [1.54, 1.807) is 6.20 Å². The Morgan fingerprint density at radius 3 is 2.74 bits per heavy atom. The third-order valence-corrected chi connectivity index (χ3v) is 3.44. The molecule has 1 aromatic carbocycles. The molecule has 0 fully saturated rings.